The molecule has 1 fully saturated rings. The second kappa shape index (κ2) is 7.31. The fourth-order valence-corrected chi connectivity index (χ4v) is 3.66. The highest BCUT2D eigenvalue weighted by molar-refractivity contribution is 5.81. The van der Waals surface area contributed by atoms with Crippen LogP contribution in [0.1, 0.15) is 26.3 Å². The molecule has 1 aliphatic heterocycles. The summed E-state index contributed by atoms with van der Waals surface area (Å²) in [5.74, 6) is 0.619. The minimum absolute atomic E-state index is 0.182. The lowest BCUT2D eigenvalue weighted by atomic mass is 9.96. The Labute approximate surface area is 144 Å². The van der Waals surface area contributed by atoms with Gasteiger partial charge in [0.15, 0.2) is 0 Å². The van der Waals surface area contributed by atoms with Gasteiger partial charge in [-0.3, -0.25) is 14.7 Å². The van der Waals surface area contributed by atoms with Crippen LogP contribution in [0.4, 0.5) is 0 Å². The summed E-state index contributed by atoms with van der Waals surface area (Å²) < 4.78 is 0. The molecule has 2 aromatic rings. The monoisotopic (exact) mass is 325 g/mol. The Bertz CT molecular complexity index is 708. The standard InChI is InChI=1S/C20H27N3O/c1-15(2)22-10-11-23(16(3)24)14-17(13-22)12-19-7-4-6-18-8-5-9-21-20(18)19/h4-9,15,17H,10-14H2,1-3H3. The van der Waals surface area contributed by atoms with E-state index in [1.165, 1.54) is 10.9 Å². The Hall–Kier alpha value is -1.94. The molecule has 0 saturated carbocycles. The molecule has 3 rings (SSSR count). The average Bonchev–Trinajstić information content (AvgIpc) is 2.78. The minimum Gasteiger partial charge on any atom is -0.341 e. The molecule has 1 aromatic carbocycles. The molecular weight excluding hydrogens is 298 g/mol. The van der Waals surface area contributed by atoms with E-state index in [1.807, 2.05) is 17.2 Å². The zero-order valence-corrected chi connectivity index (χ0v) is 14.9. The number of carbonyl (C=O) groups excluding carboxylic acids is 1. The summed E-state index contributed by atoms with van der Waals surface area (Å²) in [6.45, 7) is 9.81. The van der Waals surface area contributed by atoms with Crippen molar-refractivity contribution >= 4 is 16.8 Å². The van der Waals surface area contributed by atoms with Gasteiger partial charge in [-0.25, -0.2) is 0 Å². The molecule has 24 heavy (non-hydrogen) atoms. The third-order valence-corrected chi connectivity index (χ3v) is 5.03. The topological polar surface area (TPSA) is 36.4 Å². The summed E-state index contributed by atoms with van der Waals surface area (Å²) in [4.78, 5) is 21.0. The second-order valence-corrected chi connectivity index (χ2v) is 7.12. The van der Waals surface area contributed by atoms with Crippen molar-refractivity contribution in [2.45, 2.75) is 33.2 Å². The Morgan fingerprint density at radius 3 is 2.75 bits per heavy atom. The molecular formula is C20H27N3O. The number of hydrogen-bond donors (Lipinski definition) is 0. The van der Waals surface area contributed by atoms with Crippen molar-refractivity contribution in [1.82, 2.24) is 14.8 Å². The van der Waals surface area contributed by atoms with E-state index in [2.05, 4.69) is 48.0 Å². The van der Waals surface area contributed by atoms with Crippen LogP contribution in [-0.2, 0) is 11.2 Å². The van der Waals surface area contributed by atoms with Crippen LogP contribution in [0.5, 0.6) is 0 Å². The number of nitrogens with zero attached hydrogens (tertiary/aromatic N) is 3. The number of pyridine rings is 1. The molecule has 1 saturated heterocycles. The molecule has 1 amide bonds. The number of aromatic nitrogens is 1. The predicted octanol–water partition coefficient (Wildman–Crippen LogP) is 2.97. The molecule has 1 aromatic heterocycles. The maximum Gasteiger partial charge on any atom is 0.219 e. The molecule has 0 aliphatic carbocycles. The van der Waals surface area contributed by atoms with Crippen LogP contribution >= 0.6 is 0 Å². The molecule has 1 unspecified atom stereocenters. The fraction of sp³-hybridized carbons (Fsp3) is 0.500. The zero-order chi connectivity index (χ0) is 17.1. The smallest absolute Gasteiger partial charge is 0.219 e. The number of benzene rings is 1. The highest BCUT2D eigenvalue weighted by Crippen LogP contribution is 2.22. The Kier molecular flexibility index (Phi) is 5.14. The van der Waals surface area contributed by atoms with Gasteiger partial charge in [-0.1, -0.05) is 24.3 Å². The van der Waals surface area contributed by atoms with Crippen LogP contribution in [-0.4, -0.2) is 52.9 Å². The van der Waals surface area contributed by atoms with Crippen molar-refractivity contribution < 1.29 is 4.79 Å². The number of carbonyl (C=O) groups is 1. The van der Waals surface area contributed by atoms with Gasteiger partial charge in [-0.05, 0) is 37.8 Å². The van der Waals surface area contributed by atoms with E-state index in [0.29, 0.717) is 12.0 Å². The summed E-state index contributed by atoms with van der Waals surface area (Å²) >= 11 is 0. The van der Waals surface area contributed by atoms with Crippen LogP contribution in [0.2, 0.25) is 0 Å². The number of hydrogen-bond acceptors (Lipinski definition) is 3. The molecule has 1 aliphatic rings. The first-order valence-electron chi connectivity index (χ1n) is 8.87. The van der Waals surface area contributed by atoms with E-state index in [9.17, 15) is 4.79 Å². The Balaban J connectivity index is 1.86. The van der Waals surface area contributed by atoms with Gasteiger partial charge in [0.25, 0.3) is 0 Å². The van der Waals surface area contributed by atoms with E-state index in [-0.39, 0.29) is 5.91 Å². The van der Waals surface area contributed by atoms with Gasteiger partial charge in [-0.2, -0.15) is 0 Å². The van der Waals surface area contributed by atoms with Gasteiger partial charge in [0, 0.05) is 50.7 Å². The first-order chi connectivity index (χ1) is 11.5. The number of rotatable bonds is 3. The largest absolute Gasteiger partial charge is 0.341 e. The van der Waals surface area contributed by atoms with E-state index < -0.39 is 0 Å². The lowest BCUT2D eigenvalue weighted by molar-refractivity contribution is -0.129. The third-order valence-electron chi connectivity index (χ3n) is 5.03. The van der Waals surface area contributed by atoms with Crippen LogP contribution in [0.15, 0.2) is 36.5 Å². The molecule has 1 atom stereocenters. The Morgan fingerprint density at radius 2 is 2.00 bits per heavy atom. The maximum absolute atomic E-state index is 11.9. The summed E-state index contributed by atoms with van der Waals surface area (Å²) in [7, 11) is 0. The average molecular weight is 325 g/mol. The summed E-state index contributed by atoms with van der Waals surface area (Å²) in [5.41, 5.74) is 2.38. The number of fused-ring (bicyclic) bond motifs is 1. The quantitative estimate of drug-likeness (QED) is 0.870. The first kappa shape index (κ1) is 16.9. The highest BCUT2D eigenvalue weighted by atomic mass is 16.2. The predicted molar refractivity (Wildman–Crippen MR) is 97.9 cm³/mol. The molecule has 0 radical (unpaired) electrons. The molecule has 0 spiro atoms. The fourth-order valence-electron chi connectivity index (χ4n) is 3.66. The SMILES string of the molecule is CC(=O)N1CCN(C(C)C)CC(Cc2cccc3cccnc23)C1. The molecule has 0 N–H and O–H groups in total. The molecule has 4 heteroatoms. The van der Waals surface area contributed by atoms with Crippen LogP contribution in [0.3, 0.4) is 0 Å². The van der Waals surface area contributed by atoms with Crippen molar-refractivity contribution in [3.8, 4) is 0 Å². The van der Waals surface area contributed by atoms with E-state index in [4.69, 9.17) is 0 Å². The van der Waals surface area contributed by atoms with Gasteiger partial charge >= 0.3 is 0 Å². The lowest BCUT2D eigenvalue weighted by Gasteiger charge is -2.27. The minimum atomic E-state index is 0.182. The van der Waals surface area contributed by atoms with Crippen LogP contribution in [0, 0.1) is 5.92 Å². The van der Waals surface area contributed by atoms with Gasteiger partial charge in [-0.15, -0.1) is 0 Å². The normalized spacial score (nSPS) is 19.7. The van der Waals surface area contributed by atoms with Crippen LogP contribution in [0.25, 0.3) is 10.9 Å². The van der Waals surface area contributed by atoms with Crippen molar-refractivity contribution in [3.05, 3.63) is 42.1 Å². The van der Waals surface area contributed by atoms with Gasteiger partial charge in [0.1, 0.15) is 0 Å². The summed E-state index contributed by atoms with van der Waals surface area (Å²) in [6.07, 6.45) is 2.82. The van der Waals surface area contributed by atoms with Crippen molar-refractivity contribution in [2.75, 3.05) is 26.2 Å². The van der Waals surface area contributed by atoms with Crippen LogP contribution < -0.4 is 0 Å². The Morgan fingerprint density at radius 1 is 1.21 bits per heavy atom. The van der Waals surface area contributed by atoms with Gasteiger partial charge in [0.2, 0.25) is 5.91 Å². The van der Waals surface area contributed by atoms with E-state index >= 15 is 0 Å². The lowest BCUT2D eigenvalue weighted by Crippen LogP contribution is -2.36. The third kappa shape index (κ3) is 3.75. The van der Waals surface area contributed by atoms with Crippen molar-refractivity contribution in [1.29, 1.82) is 0 Å². The van der Waals surface area contributed by atoms with E-state index in [1.54, 1.807) is 6.92 Å². The number of amides is 1. The maximum atomic E-state index is 11.9. The first-order valence-corrected chi connectivity index (χ1v) is 8.87. The zero-order valence-electron chi connectivity index (χ0n) is 14.9. The molecule has 2 heterocycles. The van der Waals surface area contributed by atoms with Crippen molar-refractivity contribution in [2.24, 2.45) is 5.92 Å². The summed E-state index contributed by atoms with van der Waals surface area (Å²) in [6, 6.07) is 11.0. The van der Waals surface area contributed by atoms with Gasteiger partial charge in [0.05, 0.1) is 5.52 Å². The number of para-hydroxylation sites is 1. The molecule has 0 bridgehead atoms. The highest BCUT2D eigenvalue weighted by Gasteiger charge is 2.26. The van der Waals surface area contributed by atoms with E-state index in [0.717, 1.165) is 38.1 Å². The second-order valence-electron chi connectivity index (χ2n) is 7.12. The molecule has 128 valence electrons. The summed E-state index contributed by atoms with van der Waals surface area (Å²) in [5, 5.41) is 1.19. The molecule has 4 nitrogen and oxygen atoms in total. The van der Waals surface area contributed by atoms with Crippen molar-refractivity contribution in [3.63, 3.8) is 0 Å². The van der Waals surface area contributed by atoms with Gasteiger partial charge < -0.3 is 4.90 Å².